The van der Waals surface area contributed by atoms with Gasteiger partial charge in [0.05, 0.1) is 23.7 Å². The molecule has 0 spiro atoms. The molecule has 4 nitrogen and oxygen atoms in total. The van der Waals surface area contributed by atoms with Crippen LogP contribution in [0, 0.1) is 6.92 Å². The Morgan fingerprint density at radius 1 is 1.47 bits per heavy atom. The Bertz CT molecular complexity index is 579. The minimum absolute atomic E-state index is 0.0909. The molecular formula is C12H14ClN3OS2. The van der Waals surface area contributed by atoms with Gasteiger partial charge in [0.25, 0.3) is 0 Å². The number of hydrogen-bond donors (Lipinski definition) is 1. The van der Waals surface area contributed by atoms with Crippen LogP contribution in [0.3, 0.4) is 0 Å². The van der Waals surface area contributed by atoms with E-state index < -0.39 is 0 Å². The summed E-state index contributed by atoms with van der Waals surface area (Å²) in [5.41, 5.74) is 1.85. The summed E-state index contributed by atoms with van der Waals surface area (Å²) in [5.74, 6) is 0.288. The summed E-state index contributed by atoms with van der Waals surface area (Å²) in [6.45, 7) is 4.07. The van der Waals surface area contributed by atoms with Crippen molar-refractivity contribution in [3.05, 3.63) is 26.7 Å². The van der Waals surface area contributed by atoms with Crippen LogP contribution in [-0.4, -0.2) is 15.9 Å². The van der Waals surface area contributed by atoms with E-state index in [0.29, 0.717) is 11.0 Å². The predicted octanol–water partition coefficient (Wildman–Crippen LogP) is 3.39. The van der Waals surface area contributed by atoms with E-state index in [4.69, 9.17) is 11.6 Å². The Morgan fingerprint density at radius 3 is 2.84 bits per heavy atom. The zero-order valence-corrected chi connectivity index (χ0v) is 13.1. The van der Waals surface area contributed by atoms with Gasteiger partial charge in [-0.3, -0.25) is 4.79 Å². The number of carbonyl (C=O) groups excluding carboxylic acids is 1. The van der Waals surface area contributed by atoms with Crippen LogP contribution in [-0.2, 0) is 23.5 Å². The molecule has 0 unspecified atom stereocenters. The molecule has 2 aromatic rings. The third-order valence-corrected chi connectivity index (χ3v) is 4.62. The van der Waals surface area contributed by atoms with Gasteiger partial charge in [-0.05, 0) is 13.3 Å². The number of aromatic nitrogens is 2. The second kappa shape index (κ2) is 6.45. The lowest BCUT2D eigenvalue weighted by Crippen LogP contribution is -2.14. The van der Waals surface area contributed by atoms with Crippen LogP contribution >= 0.6 is 34.3 Å². The molecule has 1 N–H and O–H groups in total. The molecule has 0 saturated carbocycles. The lowest BCUT2D eigenvalue weighted by molar-refractivity contribution is -0.115. The number of halogens is 1. The van der Waals surface area contributed by atoms with Gasteiger partial charge in [-0.25, -0.2) is 9.97 Å². The third kappa shape index (κ3) is 3.75. The van der Waals surface area contributed by atoms with Gasteiger partial charge in [-0.2, -0.15) is 0 Å². The van der Waals surface area contributed by atoms with Gasteiger partial charge in [0.2, 0.25) is 5.91 Å². The molecule has 0 aromatic carbocycles. The molecule has 0 bridgehead atoms. The molecule has 0 atom stereocenters. The van der Waals surface area contributed by atoms with Crippen molar-refractivity contribution in [2.75, 3.05) is 5.32 Å². The summed E-state index contributed by atoms with van der Waals surface area (Å²) in [5, 5.41) is 6.12. The largest absolute Gasteiger partial charge is 0.302 e. The fourth-order valence-corrected chi connectivity index (χ4v) is 3.54. The number of aryl methyl sites for hydroxylation is 2. The third-order valence-electron chi connectivity index (χ3n) is 2.52. The van der Waals surface area contributed by atoms with Crippen LogP contribution in [0.4, 0.5) is 5.13 Å². The van der Waals surface area contributed by atoms with Crippen LogP contribution in [0.5, 0.6) is 0 Å². The van der Waals surface area contributed by atoms with Crippen LogP contribution in [0.2, 0.25) is 0 Å². The first kappa shape index (κ1) is 14.4. The van der Waals surface area contributed by atoms with E-state index in [2.05, 4.69) is 22.2 Å². The first-order chi connectivity index (χ1) is 9.12. The Labute approximate surface area is 124 Å². The van der Waals surface area contributed by atoms with E-state index in [0.717, 1.165) is 27.7 Å². The Kier molecular flexibility index (Phi) is 4.90. The van der Waals surface area contributed by atoms with Gasteiger partial charge < -0.3 is 5.32 Å². The lowest BCUT2D eigenvalue weighted by Gasteiger charge is -1.98. The number of anilines is 1. The first-order valence-corrected chi connectivity index (χ1v) is 8.10. The predicted molar refractivity (Wildman–Crippen MR) is 80.2 cm³/mol. The summed E-state index contributed by atoms with van der Waals surface area (Å²) < 4.78 is 0. The number of nitrogens with zero attached hydrogens (tertiary/aromatic N) is 2. The summed E-state index contributed by atoms with van der Waals surface area (Å²) in [6.07, 6.45) is 1.14. The average Bonchev–Trinajstić information content (AvgIpc) is 2.95. The molecule has 2 aromatic heterocycles. The Balaban J connectivity index is 1.96. The molecule has 102 valence electrons. The molecule has 2 heterocycles. The van der Waals surface area contributed by atoms with Crippen molar-refractivity contribution in [1.82, 2.24) is 9.97 Å². The summed E-state index contributed by atoms with van der Waals surface area (Å²) >= 11 is 8.64. The minimum atomic E-state index is -0.0909. The van der Waals surface area contributed by atoms with Crippen LogP contribution < -0.4 is 5.32 Å². The highest BCUT2D eigenvalue weighted by atomic mass is 35.5. The van der Waals surface area contributed by atoms with Gasteiger partial charge in [-0.1, -0.05) is 6.92 Å². The number of hydrogen-bond acceptors (Lipinski definition) is 5. The Hall–Kier alpha value is -0.980. The Morgan fingerprint density at radius 2 is 2.26 bits per heavy atom. The van der Waals surface area contributed by atoms with Gasteiger partial charge in [0.15, 0.2) is 5.13 Å². The van der Waals surface area contributed by atoms with E-state index in [1.54, 1.807) is 0 Å². The molecule has 2 rings (SSSR count). The van der Waals surface area contributed by atoms with E-state index in [-0.39, 0.29) is 12.3 Å². The molecule has 0 saturated heterocycles. The molecule has 19 heavy (non-hydrogen) atoms. The molecule has 7 heteroatoms. The molecule has 0 fully saturated rings. The summed E-state index contributed by atoms with van der Waals surface area (Å²) in [7, 11) is 0. The van der Waals surface area contributed by atoms with Crippen molar-refractivity contribution in [3.63, 3.8) is 0 Å². The van der Waals surface area contributed by atoms with E-state index in [9.17, 15) is 4.79 Å². The smallest absolute Gasteiger partial charge is 0.233 e. The maximum atomic E-state index is 11.9. The highest BCUT2D eigenvalue weighted by molar-refractivity contribution is 7.15. The van der Waals surface area contributed by atoms with Gasteiger partial charge in [0.1, 0.15) is 5.01 Å². The van der Waals surface area contributed by atoms with Crippen LogP contribution in [0.15, 0.2) is 5.38 Å². The normalized spacial score (nSPS) is 10.7. The van der Waals surface area contributed by atoms with Crippen molar-refractivity contribution in [3.8, 4) is 0 Å². The molecule has 0 radical (unpaired) electrons. The van der Waals surface area contributed by atoms with E-state index >= 15 is 0 Å². The minimum Gasteiger partial charge on any atom is -0.302 e. The SMILES string of the molecule is CCc1nc(NC(=O)Cc2nc(CCl)cs2)sc1C. The van der Waals surface area contributed by atoms with E-state index in [1.165, 1.54) is 22.7 Å². The second-order valence-corrected chi connectivity index (χ2v) is 6.38. The lowest BCUT2D eigenvalue weighted by atomic mass is 10.3. The fraction of sp³-hybridized carbons (Fsp3) is 0.417. The first-order valence-electron chi connectivity index (χ1n) is 5.87. The molecule has 0 aliphatic rings. The maximum Gasteiger partial charge on any atom is 0.233 e. The van der Waals surface area contributed by atoms with Crippen molar-refractivity contribution < 1.29 is 4.79 Å². The van der Waals surface area contributed by atoms with Crippen LogP contribution in [0.25, 0.3) is 0 Å². The van der Waals surface area contributed by atoms with Crippen molar-refractivity contribution in [1.29, 1.82) is 0 Å². The maximum absolute atomic E-state index is 11.9. The average molecular weight is 316 g/mol. The topological polar surface area (TPSA) is 54.9 Å². The number of alkyl halides is 1. The van der Waals surface area contributed by atoms with Gasteiger partial charge in [-0.15, -0.1) is 34.3 Å². The van der Waals surface area contributed by atoms with Gasteiger partial charge >= 0.3 is 0 Å². The molecular weight excluding hydrogens is 302 g/mol. The zero-order chi connectivity index (χ0) is 13.8. The number of thiazole rings is 2. The molecule has 1 amide bonds. The monoisotopic (exact) mass is 315 g/mol. The molecule has 0 aliphatic carbocycles. The summed E-state index contributed by atoms with van der Waals surface area (Å²) in [4.78, 5) is 21.7. The van der Waals surface area contributed by atoms with Crippen molar-refractivity contribution >= 4 is 45.3 Å². The number of nitrogens with one attached hydrogen (secondary N) is 1. The zero-order valence-electron chi connectivity index (χ0n) is 10.7. The fourth-order valence-electron chi connectivity index (χ4n) is 1.60. The quantitative estimate of drug-likeness (QED) is 0.860. The van der Waals surface area contributed by atoms with Crippen molar-refractivity contribution in [2.45, 2.75) is 32.6 Å². The number of amides is 1. The summed E-state index contributed by atoms with van der Waals surface area (Å²) in [6, 6.07) is 0. The highest BCUT2D eigenvalue weighted by Gasteiger charge is 2.11. The molecule has 0 aliphatic heterocycles. The highest BCUT2D eigenvalue weighted by Crippen LogP contribution is 2.22. The second-order valence-electron chi connectivity index (χ2n) is 3.97. The van der Waals surface area contributed by atoms with Gasteiger partial charge in [0, 0.05) is 10.3 Å². The van der Waals surface area contributed by atoms with Crippen molar-refractivity contribution in [2.24, 2.45) is 0 Å². The van der Waals surface area contributed by atoms with E-state index in [1.807, 2.05) is 12.3 Å². The number of carbonyl (C=O) groups is 1. The number of rotatable bonds is 5. The standard InChI is InChI=1S/C12H14ClN3OS2/c1-3-9-7(2)19-12(15-9)16-10(17)4-11-14-8(5-13)6-18-11/h6H,3-5H2,1-2H3,(H,15,16,17). The van der Waals surface area contributed by atoms with Crippen LogP contribution in [0.1, 0.15) is 28.2 Å².